The molecule has 2 amide bonds. The van der Waals surface area contributed by atoms with E-state index >= 15 is 0 Å². The van der Waals surface area contributed by atoms with E-state index in [1.54, 1.807) is 60.7 Å². The molecule has 0 bridgehead atoms. The van der Waals surface area contributed by atoms with Crippen molar-refractivity contribution in [1.82, 2.24) is 4.90 Å². The summed E-state index contributed by atoms with van der Waals surface area (Å²) in [7, 11) is 1.54. The minimum Gasteiger partial charge on any atom is -0.497 e. The van der Waals surface area contributed by atoms with E-state index in [1.165, 1.54) is 30.2 Å². The Hall–Kier alpha value is -3.67. The van der Waals surface area contributed by atoms with Gasteiger partial charge in [-0.3, -0.25) is 9.59 Å². The quantitative estimate of drug-likeness (QED) is 0.666. The fourth-order valence-electron chi connectivity index (χ4n) is 3.17. The Kier molecular flexibility index (Phi) is 6.24. The van der Waals surface area contributed by atoms with Crippen molar-refractivity contribution >= 4 is 11.8 Å². The maximum atomic E-state index is 14.5. The van der Waals surface area contributed by atoms with Crippen LogP contribution >= 0.6 is 0 Å². The Balaban J connectivity index is 2.08. The van der Waals surface area contributed by atoms with Crippen molar-refractivity contribution in [3.63, 3.8) is 0 Å². The summed E-state index contributed by atoms with van der Waals surface area (Å²) in [6, 6.07) is 20.2. The lowest BCUT2D eigenvalue weighted by Gasteiger charge is -2.30. The molecule has 0 heterocycles. The monoisotopic (exact) mass is 392 g/mol. The number of nitrogens with zero attached hydrogens (tertiary/aromatic N) is 1. The molecule has 3 rings (SSSR count). The van der Waals surface area contributed by atoms with E-state index in [0.717, 1.165) is 5.56 Å². The summed E-state index contributed by atoms with van der Waals surface area (Å²) >= 11 is 0. The van der Waals surface area contributed by atoms with E-state index in [9.17, 15) is 14.0 Å². The minimum atomic E-state index is -1.27. The smallest absolute Gasteiger partial charge is 0.255 e. The van der Waals surface area contributed by atoms with Gasteiger partial charge in [-0.2, -0.15) is 0 Å². The molecule has 1 unspecified atom stereocenters. The van der Waals surface area contributed by atoms with E-state index in [4.69, 9.17) is 10.5 Å². The normalized spacial score (nSPS) is 11.5. The standard InChI is InChI=1S/C23H21FN2O3/c1-29-18-11-7-8-16(14-18)15-26(23(28)17-9-3-2-4-10-17)21(22(25)27)19-12-5-6-13-20(19)24/h2-14,21H,15H2,1H3,(H2,25,27). The van der Waals surface area contributed by atoms with Crippen LogP contribution < -0.4 is 10.5 Å². The first kappa shape index (κ1) is 20.1. The number of methoxy groups -OCH3 is 1. The van der Waals surface area contributed by atoms with Crippen LogP contribution in [-0.2, 0) is 11.3 Å². The van der Waals surface area contributed by atoms with Crippen LogP contribution in [0.15, 0.2) is 78.9 Å². The van der Waals surface area contributed by atoms with Gasteiger partial charge in [0.25, 0.3) is 5.91 Å². The minimum absolute atomic E-state index is 0.0483. The van der Waals surface area contributed by atoms with Gasteiger partial charge in [0.15, 0.2) is 0 Å². The molecule has 0 saturated carbocycles. The second-order valence-electron chi connectivity index (χ2n) is 6.48. The molecule has 0 spiro atoms. The van der Waals surface area contributed by atoms with Crippen molar-refractivity contribution in [3.8, 4) is 5.75 Å². The number of hydrogen-bond donors (Lipinski definition) is 1. The average molecular weight is 392 g/mol. The van der Waals surface area contributed by atoms with E-state index in [1.807, 2.05) is 0 Å². The molecule has 0 saturated heterocycles. The van der Waals surface area contributed by atoms with Gasteiger partial charge in [0.05, 0.1) is 7.11 Å². The highest BCUT2D eigenvalue weighted by Gasteiger charge is 2.32. The van der Waals surface area contributed by atoms with Crippen molar-refractivity contribution < 1.29 is 18.7 Å². The van der Waals surface area contributed by atoms with Crippen molar-refractivity contribution in [2.45, 2.75) is 12.6 Å². The maximum absolute atomic E-state index is 14.5. The number of carbonyl (C=O) groups excluding carboxylic acids is 2. The lowest BCUT2D eigenvalue weighted by molar-refractivity contribution is -0.123. The lowest BCUT2D eigenvalue weighted by Crippen LogP contribution is -2.41. The molecule has 0 aliphatic heterocycles. The highest BCUT2D eigenvalue weighted by Crippen LogP contribution is 2.28. The predicted molar refractivity (Wildman–Crippen MR) is 108 cm³/mol. The molecule has 0 fully saturated rings. The molecule has 148 valence electrons. The van der Waals surface area contributed by atoms with E-state index < -0.39 is 23.7 Å². The molecule has 0 aliphatic carbocycles. The summed E-state index contributed by atoms with van der Waals surface area (Å²) in [5, 5.41) is 0. The van der Waals surface area contributed by atoms with E-state index in [0.29, 0.717) is 11.3 Å². The van der Waals surface area contributed by atoms with Crippen LogP contribution in [0.2, 0.25) is 0 Å². The molecule has 5 nitrogen and oxygen atoms in total. The molecular weight excluding hydrogens is 371 g/mol. The third-order valence-corrected chi connectivity index (χ3v) is 4.55. The summed E-state index contributed by atoms with van der Waals surface area (Å²) in [5.41, 5.74) is 6.78. The van der Waals surface area contributed by atoms with Gasteiger partial charge in [-0.15, -0.1) is 0 Å². The Morgan fingerprint density at radius 3 is 2.34 bits per heavy atom. The number of halogens is 1. The van der Waals surface area contributed by atoms with Crippen molar-refractivity contribution in [2.75, 3.05) is 7.11 Å². The summed E-state index contributed by atoms with van der Waals surface area (Å²) in [4.78, 5) is 27.0. The zero-order valence-corrected chi connectivity index (χ0v) is 15.9. The molecular formula is C23H21FN2O3. The van der Waals surface area contributed by atoms with Gasteiger partial charge in [0.2, 0.25) is 5.91 Å². The fourth-order valence-corrected chi connectivity index (χ4v) is 3.17. The van der Waals surface area contributed by atoms with Crippen LogP contribution in [0.4, 0.5) is 4.39 Å². The zero-order valence-electron chi connectivity index (χ0n) is 15.9. The Bertz CT molecular complexity index is 1010. The number of nitrogens with two attached hydrogens (primary N) is 1. The first-order chi connectivity index (χ1) is 14.0. The van der Waals surface area contributed by atoms with Gasteiger partial charge in [0.1, 0.15) is 17.6 Å². The predicted octanol–water partition coefficient (Wildman–Crippen LogP) is 3.70. The van der Waals surface area contributed by atoms with Gasteiger partial charge >= 0.3 is 0 Å². The van der Waals surface area contributed by atoms with Gasteiger partial charge < -0.3 is 15.4 Å². The van der Waals surface area contributed by atoms with Crippen LogP contribution in [-0.4, -0.2) is 23.8 Å². The summed E-state index contributed by atoms with van der Waals surface area (Å²) in [5.74, 6) is -1.24. The van der Waals surface area contributed by atoms with E-state index in [2.05, 4.69) is 0 Å². The van der Waals surface area contributed by atoms with Gasteiger partial charge in [-0.05, 0) is 35.9 Å². The lowest BCUT2D eigenvalue weighted by atomic mass is 10.0. The Morgan fingerprint density at radius 1 is 1.00 bits per heavy atom. The molecule has 0 radical (unpaired) electrons. The number of hydrogen-bond acceptors (Lipinski definition) is 3. The van der Waals surface area contributed by atoms with Crippen LogP contribution in [0, 0.1) is 5.82 Å². The van der Waals surface area contributed by atoms with Crippen molar-refractivity contribution in [1.29, 1.82) is 0 Å². The van der Waals surface area contributed by atoms with Gasteiger partial charge in [-0.1, -0.05) is 48.5 Å². The molecule has 1 atom stereocenters. The topological polar surface area (TPSA) is 72.6 Å². The first-order valence-electron chi connectivity index (χ1n) is 9.04. The summed E-state index contributed by atoms with van der Waals surface area (Å²) in [6.45, 7) is 0.0485. The van der Waals surface area contributed by atoms with Gasteiger partial charge in [-0.25, -0.2) is 4.39 Å². The highest BCUT2D eigenvalue weighted by atomic mass is 19.1. The van der Waals surface area contributed by atoms with Crippen LogP contribution in [0.25, 0.3) is 0 Å². The maximum Gasteiger partial charge on any atom is 0.255 e. The number of rotatable bonds is 7. The SMILES string of the molecule is COc1cccc(CN(C(=O)c2ccccc2)C(C(N)=O)c2ccccc2F)c1. The summed E-state index contributed by atoms with van der Waals surface area (Å²) in [6.07, 6.45) is 0. The highest BCUT2D eigenvalue weighted by molar-refractivity contribution is 5.97. The molecule has 29 heavy (non-hydrogen) atoms. The number of ether oxygens (including phenoxy) is 1. The van der Waals surface area contributed by atoms with E-state index in [-0.39, 0.29) is 12.1 Å². The zero-order chi connectivity index (χ0) is 20.8. The van der Waals surface area contributed by atoms with Crippen molar-refractivity contribution in [2.24, 2.45) is 5.73 Å². The van der Waals surface area contributed by atoms with Crippen LogP contribution in [0.3, 0.4) is 0 Å². The number of primary amides is 1. The number of carbonyl (C=O) groups is 2. The summed E-state index contributed by atoms with van der Waals surface area (Å²) < 4.78 is 19.8. The van der Waals surface area contributed by atoms with Crippen LogP contribution in [0.5, 0.6) is 5.75 Å². The third kappa shape index (κ3) is 4.60. The number of benzene rings is 3. The number of amides is 2. The second-order valence-corrected chi connectivity index (χ2v) is 6.48. The molecule has 0 aliphatic rings. The Morgan fingerprint density at radius 2 is 1.69 bits per heavy atom. The third-order valence-electron chi connectivity index (χ3n) is 4.55. The van der Waals surface area contributed by atoms with Crippen LogP contribution in [0.1, 0.15) is 27.5 Å². The molecule has 3 aromatic carbocycles. The Labute approximate surface area is 168 Å². The first-order valence-corrected chi connectivity index (χ1v) is 9.04. The fraction of sp³-hybridized carbons (Fsp3) is 0.130. The van der Waals surface area contributed by atoms with Crippen molar-refractivity contribution in [3.05, 3.63) is 101 Å². The molecule has 6 heteroatoms. The molecule has 2 N–H and O–H groups in total. The molecule has 3 aromatic rings. The average Bonchev–Trinajstić information content (AvgIpc) is 2.74. The second kappa shape index (κ2) is 9.01. The van der Waals surface area contributed by atoms with Gasteiger partial charge in [0, 0.05) is 17.7 Å². The molecule has 0 aromatic heterocycles. The largest absolute Gasteiger partial charge is 0.497 e.